The third-order valence-corrected chi connectivity index (χ3v) is 6.07. The number of hydrogen-bond donors (Lipinski definition) is 0. The van der Waals surface area contributed by atoms with Gasteiger partial charge in [-0.1, -0.05) is 94.1 Å². The Hall–Kier alpha value is -2.37. The van der Waals surface area contributed by atoms with Crippen molar-refractivity contribution in [3.05, 3.63) is 102 Å². The number of benzene rings is 3. The van der Waals surface area contributed by atoms with Gasteiger partial charge in [-0.3, -0.25) is 0 Å². The number of halogens is 5. The van der Waals surface area contributed by atoms with Crippen molar-refractivity contribution in [2.24, 2.45) is 0 Å². The second-order valence-corrected chi connectivity index (χ2v) is 7.66. The highest BCUT2D eigenvalue weighted by atomic mass is 35.5. The van der Waals surface area contributed by atoms with Crippen LogP contribution < -0.4 is 4.74 Å². The zero-order valence-electron chi connectivity index (χ0n) is 14.8. The highest BCUT2D eigenvalue weighted by Gasteiger charge is 2.23. The minimum Gasteiger partial charge on any atom is -0.420 e. The molecule has 3 aromatic carbocycles. The third-order valence-electron chi connectivity index (χ3n) is 3.83. The van der Waals surface area contributed by atoms with Crippen LogP contribution in [0.25, 0.3) is 4.85 Å². The van der Waals surface area contributed by atoms with E-state index in [0.717, 1.165) is 5.56 Å². The van der Waals surface area contributed by atoms with Gasteiger partial charge in [0.2, 0.25) is 0 Å². The maximum absolute atomic E-state index is 12.5. The molecule has 0 N–H and O–H groups in total. The molecule has 0 spiro atoms. The average Bonchev–Trinajstić information content (AvgIpc) is 2.78. The summed E-state index contributed by atoms with van der Waals surface area (Å²) in [6, 6.07) is 13.4. The summed E-state index contributed by atoms with van der Waals surface area (Å²) in [7, 11) is 0. The minimum atomic E-state index is -0.706. The summed E-state index contributed by atoms with van der Waals surface area (Å²) in [5.41, 5.74) is 2.25. The summed E-state index contributed by atoms with van der Waals surface area (Å²) in [6.45, 7) is 6.95. The molecule has 3 nitrogen and oxygen atoms in total. The van der Waals surface area contributed by atoms with Crippen LogP contribution in [0.4, 0.5) is 5.69 Å². The molecule has 30 heavy (non-hydrogen) atoms. The quantitative estimate of drug-likeness (QED) is 0.0897. The number of carbonyl (C=O) groups excluding carboxylic acids is 1. The molecule has 148 valence electrons. The van der Waals surface area contributed by atoms with Gasteiger partial charge in [0.05, 0.1) is 27.2 Å². The monoisotopic (exact) mass is 493 g/mol. The second-order valence-electron chi connectivity index (χ2n) is 5.77. The van der Waals surface area contributed by atoms with E-state index in [4.69, 9.17) is 69.3 Å². The normalized spacial score (nSPS) is 10.0. The van der Waals surface area contributed by atoms with Crippen molar-refractivity contribution in [3.8, 4) is 17.6 Å². The average molecular weight is 496 g/mol. The molecule has 0 aliphatic carbocycles. The van der Waals surface area contributed by atoms with Gasteiger partial charge in [0, 0.05) is 11.1 Å². The summed E-state index contributed by atoms with van der Waals surface area (Å²) in [6.07, 6.45) is 0. The second kappa shape index (κ2) is 9.63. The highest BCUT2D eigenvalue weighted by molar-refractivity contribution is 6.55. The van der Waals surface area contributed by atoms with E-state index in [2.05, 4.69) is 16.7 Å². The van der Waals surface area contributed by atoms with E-state index >= 15 is 0 Å². The standard InChI is InChI=1S/C22H8Cl5NO2/c1-28-15-10-6-13(7-11-15)3-2-12-4-8-14(9-5-12)22(29)30-21-19(26)17(24)16(23)18(25)20(21)27/h4-11H. The maximum Gasteiger partial charge on any atom is 0.343 e. The molecular weight excluding hydrogens is 488 g/mol. The van der Waals surface area contributed by atoms with Crippen LogP contribution >= 0.6 is 58.0 Å². The zero-order valence-corrected chi connectivity index (χ0v) is 18.6. The lowest BCUT2D eigenvalue weighted by Gasteiger charge is -2.12. The van der Waals surface area contributed by atoms with Crippen molar-refractivity contribution >= 4 is 69.7 Å². The predicted molar refractivity (Wildman–Crippen MR) is 122 cm³/mol. The summed E-state index contributed by atoms with van der Waals surface area (Å²) in [5, 5.41) is -0.386. The van der Waals surface area contributed by atoms with Crippen molar-refractivity contribution in [1.82, 2.24) is 0 Å². The van der Waals surface area contributed by atoms with Gasteiger partial charge < -0.3 is 4.74 Å². The SMILES string of the molecule is [C-]#[N+]c1ccc(C#Cc2ccc(C(=O)Oc3c(Cl)c(Cl)c(Cl)c(Cl)c3Cl)cc2)cc1. The number of hydrogen-bond acceptors (Lipinski definition) is 2. The van der Waals surface area contributed by atoms with E-state index in [9.17, 15) is 4.79 Å². The molecule has 0 radical (unpaired) electrons. The van der Waals surface area contributed by atoms with Crippen molar-refractivity contribution in [3.63, 3.8) is 0 Å². The van der Waals surface area contributed by atoms with Crippen LogP contribution in [0.2, 0.25) is 25.1 Å². The van der Waals surface area contributed by atoms with Crippen molar-refractivity contribution in [1.29, 1.82) is 0 Å². The molecule has 0 saturated heterocycles. The highest BCUT2D eigenvalue weighted by Crippen LogP contribution is 2.48. The first-order chi connectivity index (χ1) is 14.3. The molecule has 3 rings (SSSR count). The van der Waals surface area contributed by atoms with Crippen LogP contribution in [-0.2, 0) is 0 Å². The Bertz CT molecular complexity index is 1210. The van der Waals surface area contributed by atoms with E-state index in [0.29, 0.717) is 11.3 Å². The van der Waals surface area contributed by atoms with Crippen LogP contribution in [0.3, 0.4) is 0 Å². The van der Waals surface area contributed by atoms with E-state index in [-0.39, 0.29) is 36.4 Å². The molecule has 0 heterocycles. The van der Waals surface area contributed by atoms with Gasteiger partial charge in [0.1, 0.15) is 10.0 Å². The number of ether oxygens (including phenoxy) is 1. The fraction of sp³-hybridized carbons (Fsp3) is 0. The Labute approximate surface area is 197 Å². The third kappa shape index (κ3) is 4.85. The Morgan fingerprint density at radius 3 is 1.63 bits per heavy atom. The van der Waals surface area contributed by atoms with Crippen molar-refractivity contribution in [2.75, 3.05) is 0 Å². The van der Waals surface area contributed by atoms with Gasteiger partial charge in [-0.2, -0.15) is 0 Å². The lowest BCUT2D eigenvalue weighted by Crippen LogP contribution is -2.09. The molecule has 0 aromatic heterocycles. The Balaban J connectivity index is 1.78. The summed E-state index contributed by atoms with van der Waals surface area (Å²) < 4.78 is 5.28. The van der Waals surface area contributed by atoms with Crippen LogP contribution in [0.15, 0.2) is 48.5 Å². The fourth-order valence-corrected chi connectivity index (χ4v) is 3.48. The Kier molecular flexibility index (Phi) is 7.16. The molecule has 0 aliphatic heterocycles. The molecule has 0 aliphatic rings. The summed E-state index contributed by atoms with van der Waals surface area (Å²) >= 11 is 30.0. The first-order valence-electron chi connectivity index (χ1n) is 8.15. The largest absolute Gasteiger partial charge is 0.420 e. The van der Waals surface area contributed by atoms with Gasteiger partial charge in [0.25, 0.3) is 0 Å². The molecule has 0 atom stereocenters. The molecule has 0 fully saturated rings. The van der Waals surface area contributed by atoms with Crippen LogP contribution in [0, 0.1) is 18.4 Å². The molecule has 0 unspecified atom stereocenters. The lowest BCUT2D eigenvalue weighted by molar-refractivity contribution is 0.0735. The van der Waals surface area contributed by atoms with Gasteiger partial charge in [-0.25, -0.2) is 9.64 Å². The van der Waals surface area contributed by atoms with Gasteiger partial charge in [-0.05, 0) is 24.3 Å². The smallest absolute Gasteiger partial charge is 0.343 e. The zero-order chi connectivity index (χ0) is 21.8. The Morgan fingerprint density at radius 2 is 1.17 bits per heavy atom. The number of nitrogens with zero attached hydrogens (tertiary/aromatic N) is 1. The molecule has 0 bridgehead atoms. The Morgan fingerprint density at radius 1 is 0.733 bits per heavy atom. The van der Waals surface area contributed by atoms with Crippen LogP contribution in [-0.4, -0.2) is 5.97 Å². The number of carbonyl (C=O) groups is 1. The lowest BCUT2D eigenvalue weighted by atomic mass is 10.1. The minimum absolute atomic E-state index is 0.0280. The van der Waals surface area contributed by atoms with Gasteiger partial charge in [-0.15, -0.1) is 0 Å². The van der Waals surface area contributed by atoms with Gasteiger partial charge in [0.15, 0.2) is 11.4 Å². The molecule has 0 saturated carbocycles. The van der Waals surface area contributed by atoms with E-state index < -0.39 is 5.97 Å². The topological polar surface area (TPSA) is 30.7 Å². The number of rotatable bonds is 2. The van der Waals surface area contributed by atoms with Gasteiger partial charge >= 0.3 is 5.97 Å². The maximum atomic E-state index is 12.5. The van der Waals surface area contributed by atoms with Crippen LogP contribution in [0.1, 0.15) is 21.5 Å². The first-order valence-corrected chi connectivity index (χ1v) is 10.0. The van der Waals surface area contributed by atoms with Crippen molar-refractivity contribution in [2.45, 2.75) is 0 Å². The molecular formula is C22H8Cl5NO2. The van der Waals surface area contributed by atoms with E-state index in [1.54, 1.807) is 48.5 Å². The van der Waals surface area contributed by atoms with E-state index in [1.165, 1.54) is 0 Å². The molecule has 8 heteroatoms. The molecule has 3 aromatic rings. The van der Waals surface area contributed by atoms with Crippen molar-refractivity contribution < 1.29 is 9.53 Å². The molecule has 0 amide bonds. The van der Waals surface area contributed by atoms with E-state index in [1.807, 2.05) is 0 Å². The summed E-state index contributed by atoms with van der Waals surface area (Å²) in [5.74, 6) is 5.09. The number of esters is 1. The first kappa shape index (κ1) is 22.3. The fourth-order valence-electron chi connectivity index (χ4n) is 2.28. The predicted octanol–water partition coefficient (Wildman–Crippen LogP) is 8.12. The summed E-state index contributed by atoms with van der Waals surface area (Å²) in [4.78, 5) is 15.8. The van der Waals surface area contributed by atoms with Crippen LogP contribution in [0.5, 0.6) is 5.75 Å².